The van der Waals surface area contributed by atoms with Crippen LogP contribution in [0.1, 0.15) is 43.5 Å². The van der Waals surface area contributed by atoms with E-state index in [9.17, 15) is 13.2 Å². The fourth-order valence-corrected chi connectivity index (χ4v) is 1.95. The summed E-state index contributed by atoms with van der Waals surface area (Å²) in [5.41, 5.74) is 4.32. The van der Waals surface area contributed by atoms with Crippen molar-refractivity contribution in [1.29, 1.82) is 0 Å². The smallest absolute Gasteiger partial charge is 0.275 e. The van der Waals surface area contributed by atoms with E-state index in [1.54, 1.807) is 17.9 Å². The van der Waals surface area contributed by atoms with E-state index in [1.807, 2.05) is 6.92 Å². The van der Waals surface area contributed by atoms with Gasteiger partial charge in [-0.2, -0.15) is 18.3 Å². The van der Waals surface area contributed by atoms with Crippen molar-refractivity contribution in [3.63, 3.8) is 0 Å². The fraction of sp³-hybridized carbons (Fsp3) is 0.727. The molecule has 0 radical (unpaired) electrons. The van der Waals surface area contributed by atoms with Crippen molar-refractivity contribution in [3.8, 4) is 0 Å². The molecule has 4 nitrogen and oxygen atoms in total. The second kappa shape index (κ2) is 6.19. The molecule has 0 fully saturated rings. The topological polar surface area (TPSA) is 55.9 Å². The van der Waals surface area contributed by atoms with Crippen LogP contribution in [0.5, 0.6) is 0 Å². The van der Waals surface area contributed by atoms with Crippen LogP contribution in [-0.4, -0.2) is 16.0 Å². The number of hydrogen-bond donors (Lipinski definition) is 2. The van der Waals surface area contributed by atoms with Gasteiger partial charge in [0.2, 0.25) is 0 Å². The molecule has 104 valence electrons. The molecule has 0 aliphatic carbocycles. The summed E-state index contributed by atoms with van der Waals surface area (Å²) in [5.74, 6) is 5.42. The third kappa shape index (κ3) is 4.30. The predicted molar refractivity (Wildman–Crippen MR) is 62.6 cm³/mol. The molecule has 18 heavy (non-hydrogen) atoms. The van der Waals surface area contributed by atoms with Gasteiger partial charge in [-0.15, -0.1) is 0 Å². The van der Waals surface area contributed by atoms with Gasteiger partial charge in [-0.3, -0.25) is 16.0 Å². The Morgan fingerprint density at radius 2 is 2.17 bits per heavy atom. The van der Waals surface area contributed by atoms with E-state index in [0.29, 0.717) is 6.42 Å². The van der Waals surface area contributed by atoms with Gasteiger partial charge in [-0.1, -0.05) is 6.92 Å². The molecule has 0 spiro atoms. The second-order valence-electron chi connectivity index (χ2n) is 4.29. The lowest BCUT2D eigenvalue weighted by atomic mass is 10.0. The first-order valence-corrected chi connectivity index (χ1v) is 5.92. The van der Waals surface area contributed by atoms with Gasteiger partial charge in [-0.05, 0) is 19.3 Å². The predicted octanol–water partition coefficient (Wildman–Crippen LogP) is 2.22. The number of nitrogens with one attached hydrogen (secondary N) is 1. The molecule has 1 atom stereocenters. The van der Waals surface area contributed by atoms with Crippen molar-refractivity contribution in [3.05, 3.63) is 17.5 Å². The molecule has 0 aromatic carbocycles. The Kier molecular flexibility index (Phi) is 5.15. The fourth-order valence-electron chi connectivity index (χ4n) is 1.95. The first kappa shape index (κ1) is 15.0. The number of nitrogens with zero attached hydrogens (tertiary/aromatic N) is 2. The van der Waals surface area contributed by atoms with Crippen LogP contribution in [0.2, 0.25) is 0 Å². The van der Waals surface area contributed by atoms with Crippen LogP contribution >= 0.6 is 0 Å². The maximum Gasteiger partial charge on any atom is 0.389 e. The summed E-state index contributed by atoms with van der Waals surface area (Å²) in [6, 6.07) is -0.281. The molecule has 7 heteroatoms. The van der Waals surface area contributed by atoms with E-state index in [4.69, 9.17) is 5.84 Å². The van der Waals surface area contributed by atoms with Crippen molar-refractivity contribution < 1.29 is 13.2 Å². The minimum absolute atomic E-state index is 0.0520. The first-order chi connectivity index (χ1) is 8.37. The molecule has 1 aromatic rings. The zero-order valence-electron chi connectivity index (χ0n) is 10.6. The summed E-state index contributed by atoms with van der Waals surface area (Å²) in [5, 5.41) is 4.25. The van der Waals surface area contributed by atoms with Gasteiger partial charge in [0.05, 0.1) is 5.69 Å². The summed E-state index contributed by atoms with van der Waals surface area (Å²) in [7, 11) is 1.78. The molecule has 0 bridgehead atoms. The lowest BCUT2D eigenvalue weighted by Gasteiger charge is -2.16. The summed E-state index contributed by atoms with van der Waals surface area (Å²) in [6.45, 7) is 1.95. The van der Waals surface area contributed by atoms with Crippen LogP contribution in [0.4, 0.5) is 13.2 Å². The number of rotatable bonds is 6. The number of hydrogen-bond acceptors (Lipinski definition) is 3. The summed E-state index contributed by atoms with van der Waals surface area (Å²) < 4.78 is 37.9. The summed E-state index contributed by atoms with van der Waals surface area (Å²) in [6.07, 6.45) is -1.97. The highest BCUT2D eigenvalue weighted by molar-refractivity contribution is 5.21. The maximum atomic E-state index is 12.1. The van der Waals surface area contributed by atoms with Crippen LogP contribution in [0.3, 0.4) is 0 Å². The molecule has 0 amide bonds. The molecule has 1 unspecified atom stereocenters. The van der Waals surface area contributed by atoms with Crippen LogP contribution in [0.15, 0.2) is 6.20 Å². The first-order valence-electron chi connectivity index (χ1n) is 5.92. The van der Waals surface area contributed by atoms with Crippen LogP contribution in [-0.2, 0) is 13.5 Å². The lowest BCUT2D eigenvalue weighted by Crippen LogP contribution is -2.28. The molecule has 1 heterocycles. The maximum absolute atomic E-state index is 12.1. The number of hydrazine groups is 1. The third-order valence-electron chi connectivity index (χ3n) is 2.80. The van der Waals surface area contributed by atoms with Gasteiger partial charge in [0.25, 0.3) is 0 Å². The monoisotopic (exact) mass is 264 g/mol. The van der Waals surface area contributed by atoms with E-state index in [2.05, 4.69) is 10.5 Å². The van der Waals surface area contributed by atoms with Crippen LogP contribution < -0.4 is 11.3 Å². The minimum atomic E-state index is -4.11. The van der Waals surface area contributed by atoms with Crippen molar-refractivity contribution in [1.82, 2.24) is 15.2 Å². The quantitative estimate of drug-likeness (QED) is 0.612. The van der Waals surface area contributed by atoms with Gasteiger partial charge in [0.1, 0.15) is 0 Å². The highest BCUT2D eigenvalue weighted by Crippen LogP contribution is 2.27. The van der Waals surface area contributed by atoms with Crippen LogP contribution in [0.25, 0.3) is 0 Å². The van der Waals surface area contributed by atoms with Crippen molar-refractivity contribution in [2.75, 3.05) is 0 Å². The Bertz CT molecular complexity index is 373. The lowest BCUT2D eigenvalue weighted by molar-refractivity contribution is -0.135. The molecule has 0 saturated carbocycles. The number of alkyl halides is 3. The molecule has 0 aliphatic heterocycles. The normalized spacial score (nSPS) is 13.9. The Balaban J connectivity index is 2.65. The zero-order valence-corrected chi connectivity index (χ0v) is 10.6. The third-order valence-corrected chi connectivity index (χ3v) is 2.80. The Morgan fingerprint density at radius 3 is 2.67 bits per heavy atom. The Morgan fingerprint density at radius 1 is 1.50 bits per heavy atom. The average Bonchev–Trinajstić information content (AvgIpc) is 2.64. The standard InChI is InChI=1S/C11H19F3N4/c1-3-9-8(7-18(2)17-9)10(16-15)5-4-6-11(12,13)14/h7,10,16H,3-6,15H2,1-2H3. The molecule has 1 rings (SSSR count). The van der Waals surface area contributed by atoms with Gasteiger partial charge in [0.15, 0.2) is 0 Å². The highest BCUT2D eigenvalue weighted by atomic mass is 19.4. The zero-order chi connectivity index (χ0) is 13.8. The molecular formula is C11H19F3N4. The summed E-state index contributed by atoms with van der Waals surface area (Å²) >= 11 is 0. The Labute approximate surface area is 104 Å². The molecular weight excluding hydrogens is 245 g/mol. The van der Waals surface area contributed by atoms with E-state index < -0.39 is 12.6 Å². The molecule has 1 aromatic heterocycles. The van der Waals surface area contributed by atoms with E-state index in [-0.39, 0.29) is 12.5 Å². The molecule has 0 aliphatic rings. The number of aryl methyl sites for hydroxylation is 2. The average molecular weight is 264 g/mol. The highest BCUT2D eigenvalue weighted by Gasteiger charge is 2.27. The second-order valence-corrected chi connectivity index (χ2v) is 4.29. The Hall–Kier alpha value is -1.08. The molecule has 0 saturated heterocycles. The van der Waals surface area contributed by atoms with E-state index >= 15 is 0 Å². The van der Waals surface area contributed by atoms with Gasteiger partial charge in [0, 0.05) is 31.3 Å². The number of nitrogens with two attached hydrogens (primary N) is 1. The largest absolute Gasteiger partial charge is 0.389 e. The van der Waals surface area contributed by atoms with Crippen molar-refractivity contribution in [2.45, 2.75) is 44.8 Å². The minimum Gasteiger partial charge on any atom is -0.275 e. The molecule has 3 N–H and O–H groups in total. The van der Waals surface area contributed by atoms with Crippen molar-refractivity contribution >= 4 is 0 Å². The van der Waals surface area contributed by atoms with Crippen LogP contribution in [0, 0.1) is 0 Å². The van der Waals surface area contributed by atoms with Gasteiger partial charge < -0.3 is 0 Å². The van der Waals surface area contributed by atoms with E-state index in [0.717, 1.165) is 17.7 Å². The number of aromatic nitrogens is 2. The van der Waals surface area contributed by atoms with Crippen molar-refractivity contribution in [2.24, 2.45) is 12.9 Å². The van der Waals surface area contributed by atoms with E-state index in [1.165, 1.54) is 0 Å². The van der Waals surface area contributed by atoms with Gasteiger partial charge >= 0.3 is 6.18 Å². The SMILES string of the molecule is CCc1nn(C)cc1C(CCCC(F)(F)F)NN. The summed E-state index contributed by atoms with van der Waals surface area (Å²) in [4.78, 5) is 0. The number of halogens is 3. The van der Waals surface area contributed by atoms with Gasteiger partial charge in [-0.25, -0.2) is 0 Å².